The molecule has 1 amide bonds. The molecule has 3 aromatic rings. The number of hydrogen-bond acceptors (Lipinski definition) is 3. The summed E-state index contributed by atoms with van der Waals surface area (Å²) in [6.07, 6.45) is 5.08. The molecular weight excluding hydrogens is 288 g/mol. The topological polar surface area (TPSA) is 69.8 Å². The van der Waals surface area contributed by atoms with E-state index < -0.39 is 0 Å². The summed E-state index contributed by atoms with van der Waals surface area (Å²) >= 11 is 0. The van der Waals surface area contributed by atoms with Crippen molar-refractivity contribution in [2.45, 2.75) is 0 Å². The van der Waals surface area contributed by atoms with Crippen LogP contribution in [-0.2, 0) is 4.79 Å². The van der Waals surface area contributed by atoms with Crippen molar-refractivity contribution >= 4 is 34.6 Å². The molecule has 2 aromatic carbocycles. The number of anilines is 3. The number of benzene rings is 2. The Hall–Kier alpha value is -3.34. The number of carbonyl (C=O) groups is 1. The molecule has 23 heavy (non-hydrogen) atoms. The van der Waals surface area contributed by atoms with Crippen LogP contribution in [0.15, 0.2) is 61.1 Å². The molecule has 0 fully saturated rings. The molecule has 0 saturated heterocycles. The molecule has 4 rings (SSSR count). The molecule has 112 valence electrons. The van der Waals surface area contributed by atoms with E-state index >= 15 is 0 Å². The fourth-order valence-corrected chi connectivity index (χ4v) is 2.60. The number of amides is 1. The minimum atomic E-state index is -0.105. The Bertz CT molecular complexity index is 883. The molecule has 0 bridgehead atoms. The molecular formula is C18H14N4O. The number of nitrogens with zero attached hydrogens (tertiary/aromatic N) is 1. The van der Waals surface area contributed by atoms with Crippen LogP contribution in [0.2, 0.25) is 0 Å². The van der Waals surface area contributed by atoms with Crippen molar-refractivity contribution in [3.05, 3.63) is 72.3 Å². The standard InChI is InChI=1S/C18H14N4O/c23-18-16(8-14-10-19-11-20-14)15-7-6-13(9-17(15)22-18)21-12-4-2-1-3-5-12/h1-11,21H,(H,19,20)(H,22,23). The number of carbonyl (C=O) groups excluding carboxylic acids is 1. The maximum absolute atomic E-state index is 12.2. The van der Waals surface area contributed by atoms with E-state index in [4.69, 9.17) is 0 Å². The molecule has 0 aliphatic carbocycles. The van der Waals surface area contributed by atoms with Gasteiger partial charge in [0.2, 0.25) is 0 Å². The lowest BCUT2D eigenvalue weighted by molar-refractivity contribution is -0.110. The van der Waals surface area contributed by atoms with Crippen LogP contribution in [-0.4, -0.2) is 15.9 Å². The van der Waals surface area contributed by atoms with E-state index in [0.29, 0.717) is 5.57 Å². The quantitative estimate of drug-likeness (QED) is 0.647. The number of para-hydroxylation sites is 1. The zero-order valence-corrected chi connectivity index (χ0v) is 12.2. The van der Waals surface area contributed by atoms with E-state index in [1.54, 1.807) is 18.6 Å². The van der Waals surface area contributed by atoms with E-state index in [1.807, 2.05) is 48.5 Å². The molecule has 0 unspecified atom stereocenters. The Balaban J connectivity index is 1.66. The van der Waals surface area contributed by atoms with Gasteiger partial charge in [-0.15, -0.1) is 0 Å². The highest BCUT2D eigenvalue weighted by molar-refractivity contribution is 6.35. The van der Waals surface area contributed by atoms with Crippen LogP contribution in [0, 0.1) is 0 Å². The average Bonchev–Trinajstić information content (AvgIpc) is 3.17. The first-order chi connectivity index (χ1) is 11.3. The minimum Gasteiger partial charge on any atom is -0.355 e. The largest absolute Gasteiger partial charge is 0.355 e. The van der Waals surface area contributed by atoms with E-state index in [0.717, 1.165) is 28.3 Å². The summed E-state index contributed by atoms with van der Waals surface area (Å²) in [6, 6.07) is 15.8. The Morgan fingerprint density at radius 3 is 2.70 bits per heavy atom. The van der Waals surface area contributed by atoms with Gasteiger partial charge in [0.1, 0.15) is 0 Å². The van der Waals surface area contributed by atoms with Gasteiger partial charge in [0.05, 0.1) is 29.5 Å². The third-order valence-corrected chi connectivity index (χ3v) is 3.68. The lowest BCUT2D eigenvalue weighted by Gasteiger charge is -2.08. The van der Waals surface area contributed by atoms with Crippen LogP contribution in [0.25, 0.3) is 11.6 Å². The molecule has 5 nitrogen and oxygen atoms in total. The molecule has 0 atom stereocenters. The van der Waals surface area contributed by atoms with Gasteiger partial charge in [-0.2, -0.15) is 0 Å². The zero-order chi connectivity index (χ0) is 15.6. The van der Waals surface area contributed by atoms with Crippen LogP contribution < -0.4 is 10.6 Å². The van der Waals surface area contributed by atoms with Gasteiger partial charge in [-0.1, -0.05) is 24.3 Å². The summed E-state index contributed by atoms with van der Waals surface area (Å²) in [4.78, 5) is 19.1. The first kappa shape index (κ1) is 13.3. The normalized spacial score (nSPS) is 14.6. The number of imidazole rings is 1. The number of aromatic nitrogens is 2. The first-order valence-electron chi connectivity index (χ1n) is 7.27. The van der Waals surface area contributed by atoms with Gasteiger partial charge in [0, 0.05) is 16.9 Å². The highest BCUT2D eigenvalue weighted by Crippen LogP contribution is 2.35. The number of hydrogen-bond donors (Lipinski definition) is 3. The third-order valence-electron chi connectivity index (χ3n) is 3.68. The number of rotatable bonds is 3. The number of H-pyrrole nitrogens is 1. The molecule has 1 aliphatic heterocycles. The summed E-state index contributed by atoms with van der Waals surface area (Å²) in [5.41, 5.74) is 5.07. The number of aromatic amines is 1. The van der Waals surface area contributed by atoms with Gasteiger partial charge in [0.15, 0.2) is 0 Å². The van der Waals surface area contributed by atoms with E-state index in [2.05, 4.69) is 20.6 Å². The smallest absolute Gasteiger partial charge is 0.256 e. The Morgan fingerprint density at radius 2 is 1.91 bits per heavy atom. The number of fused-ring (bicyclic) bond motifs is 1. The van der Waals surface area contributed by atoms with Crippen molar-refractivity contribution in [3.63, 3.8) is 0 Å². The summed E-state index contributed by atoms with van der Waals surface area (Å²) in [5, 5.41) is 6.23. The maximum atomic E-state index is 12.2. The second-order valence-corrected chi connectivity index (χ2v) is 5.27. The zero-order valence-electron chi connectivity index (χ0n) is 12.2. The fourth-order valence-electron chi connectivity index (χ4n) is 2.60. The highest BCUT2D eigenvalue weighted by atomic mass is 16.2. The molecule has 5 heteroatoms. The van der Waals surface area contributed by atoms with E-state index in [-0.39, 0.29) is 5.91 Å². The SMILES string of the molecule is O=C1Nc2cc(Nc3ccccc3)ccc2C1=Cc1cnc[nH]1. The van der Waals surface area contributed by atoms with Crippen LogP contribution in [0.4, 0.5) is 17.1 Å². The lowest BCUT2D eigenvalue weighted by Crippen LogP contribution is -2.03. The van der Waals surface area contributed by atoms with Gasteiger partial charge in [0.25, 0.3) is 5.91 Å². The summed E-state index contributed by atoms with van der Waals surface area (Å²) in [7, 11) is 0. The number of nitrogens with one attached hydrogen (secondary N) is 3. The van der Waals surface area contributed by atoms with Crippen molar-refractivity contribution in [2.24, 2.45) is 0 Å². The van der Waals surface area contributed by atoms with Crippen LogP contribution in [0.5, 0.6) is 0 Å². The molecule has 3 N–H and O–H groups in total. The van der Waals surface area contributed by atoms with Crippen LogP contribution in [0.3, 0.4) is 0 Å². The van der Waals surface area contributed by atoms with Gasteiger partial charge in [-0.25, -0.2) is 4.98 Å². The Labute approximate surface area is 133 Å². The van der Waals surface area contributed by atoms with Crippen molar-refractivity contribution < 1.29 is 4.79 Å². The fraction of sp³-hybridized carbons (Fsp3) is 0. The van der Waals surface area contributed by atoms with Crippen LogP contribution in [0.1, 0.15) is 11.3 Å². The van der Waals surface area contributed by atoms with Gasteiger partial charge < -0.3 is 15.6 Å². The second kappa shape index (κ2) is 5.46. The van der Waals surface area contributed by atoms with Crippen LogP contribution >= 0.6 is 0 Å². The minimum absolute atomic E-state index is 0.105. The molecule has 0 radical (unpaired) electrons. The molecule has 1 aromatic heterocycles. The van der Waals surface area contributed by atoms with Crippen molar-refractivity contribution in [2.75, 3.05) is 10.6 Å². The third kappa shape index (κ3) is 2.60. The maximum Gasteiger partial charge on any atom is 0.256 e. The predicted octanol–water partition coefficient (Wildman–Crippen LogP) is 3.65. The summed E-state index contributed by atoms with van der Waals surface area (Å²) in [5.74, 6) is -0.105. The Kier molecular flexibility index (Phi) is 3.16. The van der Waals surface area contributed by atoms with Gasteiger partial charge in [-0.3, -0.25) is 4.79 Å². The van der Waals surface area contributed by atoms with Crippen molar-refractivity contribution in [1.82, 2.24) is 9.97 Å². The molecule has 1 aliphatic rings. The van der Waals surface area contributed by atoms with Gasteiger partial charge >= 0.3 is 0 Å². The van der Waals surface area contributed by atoms with Gasteiger partial charge in [-0.05, 0) is 30.3 Å². The predicted molar refractivity (Wildman–Crippen MR) is 91.3 cm³/mol. The molecule has 2 heterocycles. The first-order valence-corrected chi connectivity index (χ1v) is 7.27. The monoisotopic (exact) mass is 302 g/mol. The van der Waals surface area contributed by atoms with E-state index in [1.165, 1.54) is 0 Å². The Morgan fingerprint density at radius 1 is 1.04 bits per heavy atom. The summed E-state index contributed by atoms with van der Waals surface area (Å²) < 4.78 is 0. The average molecular weight is 302 g/mol. The lowest BCUT2D eigenvalue weighted by atomic mass is 10.1. The summed E-state index contributed by atoms with van der Waals surface area (Å²) in [6.45, 7) is 0. The van der Waals surface area contributed by atoms with Crippen molar-refractivity contribution in [1.29, 1.82) is 0 Å². The molecule has 0 spiro atoms. The van der Waals surface area contributed by atoms with Crippen molar-refractivity contribution in [3.8, 4) is 0 Å². The highest BCUT2D eigenvalue weighted by Gasteiger charge is 2.24. The molecule has 0 saturated carbocycles. The second-order valence-electron chi connectivity index (χ2n) is 5.27. The van der Waals surface area contributed by atoms with E-state index in [9.17, 15) is 4.79 Å².